The van der Waals surface area contributed by atoms with E-state index in [9.17, 15) is 14.7 Å². The molecule has 1 atom stereocenters. The lowest BCUT2D eigenvalue weighted by atomic mass is 10.0. The molecule has 6 nitrogen and oxygen atoms in total. The fourth-order valence-electron chi connectivity index (χ4n) is 2.77. The van der Waals surface area contributed by atoms with E-state index in [0.29, 0.717) is 11.1 Å². The third-order valence-corrected chi connectivity index (χ3v) is 4.26. The molecule has 3 rings (SSSR count). The molecule has 29 heavy (non-hydrogen) atoms. The Bertz CT molecular complexity index is 989. The molecule has 0 aromatic heterocycles. The number of nitrogens with one attached hydrogen (secondary N) is 2. The normalized spacial score (nSPS) is 11.7. The monoisotopic (exact) mass is 387 g/mol. The molecule has 0 aliphatic rings. The zero-order chi connectivity index (χ0) is 20.5. The molecule has 146 valence electrons. The van der Waals surface area contributed by atoms with E-state index in [1.807, 2.05) is 36.4 Å². The quantitative estimate of drug-likeness (QED) is 0.429. The molecule has 0 aliphatic heterocycles. The van der Waals surface area contributed by atoms with Crippen LogP contribution >= 0.6 is 0 Å². The fraction of sp³-hybridized carbons (Fsp3) is 0.0870. The number of hydrogen-bond acceptors (Lipinski definition) is 4. The molecular formula is C23H21N3O3. The van der Waals surface area contributed by atoms with E-state index < -0.39 is 6.04 Å². The Balaban J connectivity index is 1.67. The summed E-state index contributed by atoms with van der Waals surface area (Å²) < 4.78 is 0. The summed E-state index contributed by atoms with van der Waals surface area (Å²) in [6.45, 7) is 0. The van der Waals surface area contributed by atoms with Crippen molar-refractivity contribution in [3.8, 4) is 5.75 Å². The van der Waals surface area contributed by atoms with Gasteiger partial charge in [-0.2, -0.15) is 5.10 Å². The third-order valence-electron chi connectivity index (χ3n) is 4.26. The lowest BCUT2D eigenvalue weighted by Gasteiger charge is -2.18. The highest BCUT2D eigenvalue weighted by molar-refractivity contribution is 5.94. The number of hydrazone groups is 1. The van der Waals surface area contributed by atoms with Crippen molar-refractivity contribution in [3.63, 3.8) is 0 Å². The van der Waals surface area contributed by atoms with E-state index in [-0.39, 0.29) is 24.0 Å². The highest BCUT2D eigenvalue weighted by atomic mass is 16.3. The van der Waals surface area contributed by atoms with Gasteiger partial charge in [0.2, 0.25) is 5.91 Å². The molecule has 0 spiro atoms. The van der Waals surface area contributed by atoms with Crippen molar-refractivity contribution in [1.82, 2.24) is 10.7 Å². The van der Waals surface area contributed by atoms with Gasteiger partial charge in [0.25, 0.3) is 5.91 Å². The topological polar surface area (TPSA) is 90.8 Å². The SMILES string of the molecule is O=C(C[C@H](NC(=O)c1ccccc1)c1ccccc1)N/N=C\c1ccccc1O. The number of phenols is 1. The molecule has 0 radical (unpaired) electrons. The first kappa shape index (κ1) is 19.8. The number of carbonyl (C=O) groups excluding carboxylic acids is 2. The van der Waals surface area contributed by atoms with Crippen LogP contribution < -0.4 is 10.7 Å². The van der Waals surface area contributed by atoms with Gasteiger partial charge in [-0.25, -0.2) is 5.43 Å². The number of amides is 2. The molecule has 0 heterocycles. The van der Waals surface area contributed by atoms with Gasteiger partial charge in [0.15, 0.2) is 0 Å². The van der Waals surface area contributed by atoms with Crippen molar-refractivity contribution < 1.29 is 14.7 Å². The van der Waals surface area contributed by atoms with Crippen LogP contribution in [0.4, 0.5) is 0 Å². The molecule has 3 aromatic carbocycles. The van der Waals surface area contributed by atoms with E-state index in [1.54, 1.807) is 42.5 Å². The van der Waals surface area contributed by atoms with Gasteiger partial charge in [-0.15, -0.1) is 0 Å². The molecule has 3 N–H and O–H groups in total. The van der Waals surface area contributed by atoms with Crippen LogP contribution in [0.1, 0.15) is 33.9 Å². The first-order chi connectivity index (χ1) is 14.1. The van der Waals surface area contributed by atoms with Gasteiger partial charge in [0, 0.05) is 11.1 Å². The van der Waals surface area contributed by atoms with Gasteiger partial charge in [0.1, 0.15) is 5.75 Å². The molecule has 0 fully saturated rings. The first-order valence-electron chi connectivity index (χ1n) is 9.14. The predicted octanol–water partition coefficient (Wildman–Crippen LogP) is 3.40. The summed E-state index contributed by atoms with van der Waals surface area (Å²) in [7, 11) is 0. The minimum atomic E-state index is -0.510. The Morgan fingerprint density at radius 1 is 0.897 bits per heavy atom. The minimum Gasteiger partial charge on any atom is -0.507 e. The lowest BCUT2D eigenvalue weighted by molar-refractivity contribution is -0.121. The molecule has 3 aromatic rings. The van der Waals surface area contributed by atoms with Crippen LogP contribution in [0, 0.1) is 0 Å². The van der Waals surface area contributed by atoms with Crippen molar-refractivity contribution in [2.24, 2.45) is 5.10 Å². The average molecular weight is 387 g/mol. The summed E-state index contributed by atoms with van der Waals surface area (Å²) in [6, 6.07) is 24.3. The van der Waals surface area contributed by atoms with Crippen LogP contribution in [0.2, 0.25) is 0 Å². The molecule has 6 heteroatoms. The second-order valence-electron chi connectivity index (χ2n) is 6.36. The Kier molecular flexibility index (Phi) is 6.73. The number of carbonyl (C=O) groups is 2. The van der Waals surface area contributed by atoms with Gasteiger partial charge in [0.05, 0.1) is 18.7 Å². The fourth-order valence-corrected chi connectivity index (χ4v) is 2.77. The maximum absolute atomic E-state index is 12.5. The van der Waals surface area contributed by atoms with Crippen molar-refractivity contribution in [2.75, 3.05) is 0 Å². The smallest absolute Gasteiger partial charge is 0.251 e. The maximum Gasteiger partial charge on any atom is 0.251 e. The summed E-state index contributed by atoms with van der Waals surface area (Å²) in [5.41, 5.74) is 4.27. The summed E-state index contributed by atoms with van der Waals surface area (Å²) in [6.07, 6.45) is 1.38. The van der Waals surface area contributed by atoms with E-state index in [0.717, 1.165) is 5.56 Å². The summed E-state index contributed by atoms with van der Waals surface area (Å²) in [5.74, 6) is -0.549. The molecule has 0 saturated carbocycles. The summed E-state index contributed by atoms with van der Waals surface area (Å²) >= 11 is 0. The largest absolute Gasteiger partial charge is 0.507 e. The minimum absolute atomic E-state index is 0.0146. The van der Waals surface area contributed by atoms with Gasteiger partial charge >= 0.3 is 0 Å². The predicted molar refractivity (Wildman–Crippen MR) is 112 cm³/mol. The highest BCUT2D eigenvalue weighted by Gasteiger charge is 2.19. The van der Waals surface area contributed by atoms with Crippen LogP contribution in [0.15, 0.2) is 90.0 Å². The highest BCUT2D eigenvalue weighted by Crippen LogP contribution is 2.18. The van der Waals surface area contributed by atoms with E-state index >= 15 is 0 Å². The summed E-state index contributed by atoms with van der Waals surface area (Å²) in [5, 5.41) is 16.5. The average Bonchev–Trinajstić information content (AvgIpc) is 2.76. The number of rotatable bonds is 7. The van der Waals surface area contributed by atoms with Crippen LogP contribution in [0.3, 0.4) is 0 Å². The maximum atomic E-state index is 12.5. The Hall–Kier alpha value is -3.93. The van der Waals surface area contributed by atoms with Crippen molar-refractivity contribution in [1.29, 1.82) is 0 Å². The summed E-state index contributed by atoms with van der Waals surface area (Å²) in [4.78, 5) is 24.9. The van der Waals surface area contributed by atoms with E-state index in [2.05, 4.69) is 15.8 Å². The van der Waals surface area contributed by atoms with Crippen LogP contribution in [0.5, 0.6) is 5.75 Å². The number of benzene rings is 3. The molecule has 2 amide bonds. The Morgan fingerprint density at radius 3 is 2.21 bits per heavy atom. The lowest BCUT2D eigenvalue weighted by Crippen LogP contribution is -2.32. The molecule has 0 unspecified atom stereocenters. The first-order valence-corrected chi connectivity index (χ1v) is 9.14. The zero-order valence-electron chi connectivity index (χ0n) is 15.7. The number of aromatic hydroxyl groups is 1. The molecular weight excluding hydrogens is 366 g/mol. The van der Waals surface area contributed by atoms with Crippen molar-refractivity contribution >= 4 is 18.0 Å². The van der Waals surface area contributed by atoms with Gasteiger partial charge < -0.3 is 10.4 Å². The van der Waals surface area contributed by atoms with Crippen LogP contribution in [-0.2, 0) is 4.79 Å². The van der Waals surface area contributed by atoms with Gasteiger partial charge in [-0.3, -0.25) is 9.59 Å². The Labute approximate surface area is 168 Å². The van der Waals surface area contributed by atoms with Crippen LogP contribution in [0.25, 0.3) is 0 Å². The van der Waals surface area contributed by atoms with Gasteiger partial charge in [-0.1, -0.05) is 60.7 Å². The van der Waals surface area contributed by atoms with E-state index in [1.165, 1.54) is 12.3 Å². The van der Waals surface area contributed by atoms with Gasteiger partial charge in [-0.05, 0) is 29.8 Å². The number of hydrogen-bond donors (Lipinski definition) is 3. The number of phenolic OH excluding ortho intramolecular Hbond substituents is 1. The molecule has 0 saturated heterocycles. The number of para-hydroxylation sites is 1. The van der Waals surface area contributed by atoms with Crippen LogP contribution in [-0.4, -0.2) is 23.1 Å². The molecule has 0 aliphatic carbocycles. The zero-order valence-corrected chi connectivity index (χ0v) is 15.7. The van der Waals surface area contributed by atoms with Crippen molar-refractivity contribution in [2.45, 2.75) is 12.5 Å². The Morgan fingerprint density at radius 2 is 1.52 bits per heavy atom. The molecule has 0 bridgehead atoms. The van der Waals surface area contributed by atoms with E-state index in [4.69, 9.17) is 0 Å². The number of nitrogens with zero attached hydrogens (tertiary/aromatic N) is 1. The second-order valence-corrected chi connectivity index (χ2v) is 6.36. The standard InChI is InChI=1S/C23H21N3O3/c27-21-14-8-7-13-19(21)16-24-26-22(28)15-20(17-9-3-1-4-10-17)25-23(29)18-11-5-2-6-12-18/h1-14,16,20,27H,15H2,(H,25,29)(H,26,28)/b24-16-/t20-/m0/s1. The second kappa shape index (κ2) is 9.85. The third kappa shape index (κ3) is 5.77. The van der Waals surface area contributed by atoms with Crippen molar-refractivity contribution in [3.05, 3.63) is 102 Å².